The molecule has 0 fully saturated rings. The Balaban J connectivity index is 2.49. The first-order valence-corrected chi connectivity index (χ1v) is 6.45. The molecule has 1 aromatic carbocycles. The van der Waals surface area contributed by atoms with Crippen LogP contribution in [-0.4, -0.2) is 23.6 Å². The molecule has 0 heterocycles. The van der Waals surface area contributed by atoms with E-state index in [0.29, 0.717) is 5.56 Å². The van der Waals surface area contributed by atoms with E-state index in [9.17, 15) is 9.59 Å². The summed E-state index contributed by atoms with van der Waals surface area (Å²) in [5.41, 5.74) is -0.0595. The Morgan fingerprint density at radius 2 is 1.75 bits per heavy atom. The predicted octanol–water partition coefficient (Wildman–Crippen LogP) is 3.13. The van der Waals surface area contributed by atoms with E-state index in [1.165, 1.54) is 12.2 Å². The Bertz CT molecular complexity index is 483. The van der Waals surface area contributed by atoms with E-state index in [4.69, 9.17) is 9.47 Å². The summed E-state index contributed by atoms with van der Waals surface area (Å²) in [5.74, 6) is -0.882. The summed E-state index contributed by atoms with van der Waals surface area (Å²) in [4.78, 5) is 23.2. The molecule has 1 aromatic rings. The number of hydrogen-bond acceptors (Lipinski definition) is 4. The van der Waals surface area contributed by atoms with Gasteiger partial charge in [0, 0.05) is 6.08 Å². The molecule has 0 radical (unpaired) electrons. The summed E-state index contributed by atoms with van der Waals surface area (Å²) in [5, 5.41) is 0. The van der Waals surface area contributed by atoms with Gasteiger partial charge in [-0.25, -0.2) is 9.59 Å². The molecule has 0 N–H and O–H groups in total. The van der Waals surface area contributed by atoms with Crippen molar-refractivity contribution in [1.82, 2.24) is 0 Å². The van der Waals surface area contributed by atoms with Gasteiger partial charge in [-0.15, -0.1) is 0 Å². The van der Waals surface area contributed by atoms with Gasteiger partial charge in [-0.3, -0.25) is 0 Å². The molecule has 1 atom stereocenters. The predicted molar refractivity (Wildman–Crippen MR) is 76.3 cm³/mol. The molecule has 1 rings (SSSR count). The van der Waals surface area contributed by atoms with Crippen molar-refractivity contribution in [1.29, 1.82) is 0 Å². The van der Waals surface area contributed by atoms with Crippen molar-refractivity contribution >= 4 is 11.9 Å². The number of carbonyl (C=O) groups is 2. The molecular formula is C16H20O4. The van der Waals surface area contributed by atoms with Gasteiger partial charge in [0.15, 0.2) is 0 Å². The molecule has 0 spiro atoms. The highest BCUT2D eigenvalue weighted by molar-refractivity contribution is 5.89. The highest BCUT2D eigenvalue weighted by Crippen LogP contribution is 2.08. The van der Waals surface area contributed by atoms with Gasteiger partial charge in [-0.05, 0) is 45.9 Å². The van der Waals surface area contributed by atoms with Crippen LogP contribution in [0.2, 0.25) is 0 Å². The van der Waals surface area contributed by atoms with Crippen LogP contribution in [0.25, 0.3) is 0 Å². The third kappa shape index (κ3) is 6.18. The number of hydrogen-bond donors (Lipinski definition) is 0. The van der Waals surface area contributed by atoms with Gasteiger partial charge in [0.25, 0.3) is 0 Å². The number of benzene rings is 1. The first-order valence-electron chi connectivity index (χ1n) is 6.45. The first-order chi connectivity index (χ1) is 9.28. The lowest BCUT2D eigenvalue weighted by atomic mass is 10.2. The molecule has 20 heavy (non-hydrogen) atoms. The van der Waals surface area contributed by atoms with Crippen LogP contribution in [0.1, 0.15) is 38.1 Å². The van der Waals surface area contributed by atoms with Crippen molar-refractivity contribution in [3.05, 3.63) is 48.0 Å². The van der Waals surface area contributed by atoms with E-state index >= 15 is 0 Å². The molecule has 0 saturated carbocycles. The zero-order valence-corrected chi connectivity index (χ0v) is 12.3. The molecule has 0 aromatic heterocycles. The molecule has 0 aliphatic heterocycles. The minimum Gasteiger partial charge on any atom is -0.457 e. The molecule has 108 valence electrons. The van der Waals surface area contributed by atoms with E-state index in [1.54, 1.807) is 52.0 Å². The van der Waals surface area contributed by atoms with Crippen LogP contribution in [0.15, 0.2) is 42.5 Å². The average Bonchev–Trinajstić information content (AvgIpc) is 2.35. The summed E-state index contributed by atoms with van der Waals surface area (Å²) in [6.07, 6.45) is 2.26. The Labute approximate surface area is 119 Å². The summed E-state index contributed by atoms with van der Waals surface area (Å²) in [7, 11) is 0. The van der Waals surface area contributed by atoms with Crippen LogP contribution in [0.3, 0.4) is 0 Å². The van der Waals surface area contributed by atoms with Gasteiger partial charge in [0.05, 0.1) is 5.56 Å². The molecular weight excluding hydrogens is 256 g/mol. The van der Waals surface area contributed by atoms with Gasteiger partial charge in [0.2, 0.25) is 0 Å². The molecule has 0 amide bonds. The van der Waals surface area contributed by atoms with E-state index in [0.717, 1.165) is 0 Å². The Morgan fingerprint density at radius 3 is 2.30 bits per heavy atom. The number of rotatable bonds is 4. The van der Waals surface area contributed by atoms with E-state index < -0.39 is 23.6 Å². The standard InChI is InChI=1S/C16H20O4/c1-12(10-11-14(17)20-16(2,3)4)19-15(18)13-8-6-5-7-9-13/h5-12H,1-4H3. The minimum atomic E-state index is -0.536. The molecule has 0 saturated heterocycles. The summed E-state index contributed by atoms with van der Waals surface area (Å²) in [6.45, 7) is 7.05. The Kier molecular flexibility index (Phi) is 5.50. The SMILES string of the molecule is CC(C=CC(=O)OC(C)(C)C)OC(=O)c1ccccc1. The Morgan fingerprint density at radius 1 is 1.15 bits per heavy atom. The topological polar surface area (TPSA) is 52.6 Å². The fourth-order valence-electron chi connectivity index (χ4n) is 1.40. The summed E-state index contributed by atoms with van der Waals surface area (Å²) >= 11 is 0. The van der Waals surface area contributed by atoms with E-state index in [2.05, 4.69) is 0 Å². The van der Waals surface area contributed by atoms with Crippen LogP contribution in [0.4, 0.5) is 0 Å². The Hall–Kier alpha value is -2.10. The quantitative estimate of drug-likeness (QED) is 0.626. The van der Waals surface area contributed by atoms with Crippen LogP contribution in [-0.2, 0) is 14.3 Å². The zero-order valence-electron chi connectivity index (χ0n) is 12.3. The molecule has 0 aliphatic carbocycles. The van der Waals surface area contributed by atoms with Crippen molar-refractivity contribution in [2.75, 3.05) is 0 Å². The van der Waals surface area contributed by atoms with Gasteiger partial charge >= 0.3 is 11.9 Å². The molecule has 0 aliphatic rings. The van der Waals surface area contributed by atoms with Crippen LogP contribution in [0.5, 0.6) is 0 Å². The molecule has 4 heteroatoms. The lowest BCUT2D eigenvalue weighted by Gasteiger charge is -2.18. The maximum atomic E-state index is 11.8. The summed E-state index contributed by atoms with van der Waals surface area (Å²) in [6, 6.07) is 8.69. The van der Waals surface area contributed by atoms with Crippen LogP contribution >= 0.6 is 0 Å². The molecule has 1 unspecified atom stereocenters. The van der Waals surface area contributed by atoms with Gasteiger partial charge in [0.1, 0.15) is 11.7 Å². The summed E-state index contributed by atoms with van der Waals surface area (Å²) < 4.78 is 10.3. The monoisotopic (exact) mass is 276 g/mol. The van der Waals surface area contributed by atoms with E-state index in [-0.39, 0.29) is 0 Å². The highest BCUT2D eigenvalue weighted by Gasteiger charge is 2.15. The largest absolute Gasteiger partial charge is 0.457 e. The van der Waals surface area contributed by atoms with Crippen molar-refractivity contribution in [2.24, 2.45) is 0 Å². The second kappa shape index (κ2) is 6.89. The average molecular weight is 276 g/mol. The van der Waals surface area contributed by atoms with Gasteiger partial charge in [-0.1, -0.05) is 18.2 Å². The lowest BCUT2D eigenvalue weighted by Crippen LogP contribution is -2.23. The maximum Gasteiger partial charge on any atom is 0.338 e. The minimum absolute atomic E-state index is 0.424. The van der Waals surface area contributed by atoms with Crippen molar-refractivity contribution < 1.29 is 19.1 Å². The number of esters is 2. The zero-order chi connectivity index (χ0) is 15.2. The van der Waals surface area contributed by atoms with Gasteiger partial charge < -0.3 is 9.47 Å². The fourth-order valence-corrected chi connectivity index (χ4v) is 1.40. The van der Waals surface area contributed by atoms with Gasteiger partial charge in [-0.2, -0.15) is 0 Å². The van der Waals surface area contributed by atoms with Crippen LogP contribution < -0.4 is 0 Å². The maximum absolute atomic E-state index is 11.8. The second-order valence-corrected chi connectivity index (χ2v) is 5.37. The lowest BCUT2D eigenvalue weighted by molar-refractivity contribution is -0.148. The highest BCUT2D eigenvalue weighted by atomic mass is 16.6. The third-order valence-electron chi connectivity index (χ3n) is 2.21. The molecule has 4 nitrogen and oxygen atoms in total. The van der Waals surface area contributed by atoms with Crippen LogP contribution in [0, 0.1) is 0 Å². The fraction of sp³-hybridized carbons (Fsp3) is 0.375. The molecule has 0 bridgehead atoms. The first kappa shape index (κ1) is 16.0. The number of carbonyl (C=O) groups excluding carboxylic acids is 2. The van der Waals surface area contributed by atoms with Crippen molar-refractivity contribution in [3.8, 4) is 0 Å². The van der Waals surface area contributed by atoms with Crippen molar-refractivity contribution in [2.45, 2.75) is 39.4 Å². The normalized spacial score (nSPS) is 13.0. The van der Waals surface area contributed by atoms with E-state index in [1.807, 2.05) is 6.07 Å². The number of ether oxygens (including phenoxy) is 2. The second-order valence-electron chi connectivity index (χ2n) is 5.37. The van der Waals surface area contributed by atoms with Crippen molar-refractivity contribution in [3.63, 3.8) is 0 Å². The third-order valence-corrected chi connectivity index (χ3v) is 2.21. The smallest absolute Gasteiger partial charge is 0.338 e.